The Morgan fingerprint density at radius 1 is 0.647 bits per heavy atom. The van der Waals surface area contributed by atoms with E-state index in [-0.39, 0.29) is 0 Å². The Labute approximate surface area is 111 Å². The molecule has 0 aliphatic carbocycles. The monoisotopic (exact) mass is 240 g/mol. The van der Waals surface area contributed by atoms with Gasteiger partial charge in [-0.2, -0.15) is 0 Å². The molecule has 0 saturated heterocycles. The average Bonchev–Trinajstić information content (AvgIpc) is 2.33. The van der Waals surface area contributed by atoms with E-state index in [1.807, 2.05) is 0 Å². The molecule has 0 heterocycles. The van der Waals surface area contributed by atoms with Crippen LogP contribution in [0.25, 0.3) is 0 Å². The normalized spacial score (nSPS) is 15.2. The van der Waals surface area contributed by atoms with Gasteiger partial charge in [0.05, 0.1) is 0 Å². The van der Waals surface area contributed by atoms with Crippen molar-refractivity contribution in [1.82, 2.24) is 0 Å². The number of rotatable bonds is 11. The summed E-state index contributed by atoms with van der Waals surface area (Å²) in [6, 6.07) is 0. The predicted molar refractivity (Wildman–Crippen MR) is 80.4 cm³/mol. The third-order valence-corrected chi connectivity index (χ3v) is 4.29. The lowest BCUT2D eigenvalue weighted by Gasteiger charge is -2.32. The molecule has 0 fully saturated rings. The molecule has 0 aliphatic rings. The molecule has 104 valence electrons. The molecule has 0 N–H and O–H groups in total. The number of unbranched alkanes of at least 4 members (excludes halogenated alkanes) is 1. The minimum absolute atomic E-state index is 0.943. The van der Waals surface area contributed by atoms with Gasteiger partial charge in [-0.05, 0) is 17.8 Å². The lowest BCUT2D eigenvalue weighted by atomic mass is 9.74. The van der Waals surface area contributed by atoms with Crippen LogP contribution in [-0.2, 0) is 0 Å². The highest BCUT2D eigenvalue weighted by atomic mass is 14.3. The van der Waals surface area contributed by atoms with Gasteiger partial charge in [0.2, 0.25) is 0 Å². The summed E-state index contributed by atoms with van der Waals surface area (Å²) in [4.78, 5) is 0. The smallest absolute Gasteiger partial charge is 0.0360 e. The first-order valence-electron chi connectivity index (χ1n) is 8.21. The Morgan fingerprint density at radius 2 is 1.18 bits per heavy atom. The topological polar surface area (TPSA) is 0 Å². The van der Waals surface area contributed by atoms with Crippen molar-refractivity contribution in [2.45, 2.75) is 92.4 Å². The zero-order valence-corrected chi connectivity index (χ0v) is 13.1. The van der Waals surface area contributed by atoms with Gasteiger partial charge < -0.3 is 0 Å². The van der Waals surface area contributed by atoms with E-state index >= 15 is 0 Å². The second-order valence-electron chi connectivity index (χ2n) is 5.91. The highest BCUT2D eigenvalue weighted by Crippen LogP contribution is 2.34. The third-order valence-electron chi connectivity index (χ3n) is 4.29. The lowest BCUT2D eigenvalue weighted by Crippen LogP contribution is -2.22. The first kappa shape index (κ1) is 17.0. The molecule has 0 heteroatoms. The summed E-state index contributed by atoms with van der Waals surface area (Å²) in [6.45, 7) is 11.9. The molecule has 0 aromatic carbocycles. The van der Waals surface area contributed by atoms with Crippen LogP contribution < -0.4 is 0 Å². The van der Waals surface area contributed by atoms with Gasteiger partial charge in [0.25, 0.3) is 0 Å². The van der Waals surface area contributed by atoms with Crippen LogP contribution >= 0.6 is 0 Å². The van der Waals surface area contributed by atoms with Gasteiger partial charge in [0.1, 0.15) is 0 Å². The lowest BCUT2D eigenvalue weighted by molar-refractivity contribution is 0.187. The van der Waals surface area contributed by atoms with Crippen molar-refractivity contribution in [2.75, 3.05) is 0 Å². The maximum atomic E-state index is 2.51. The van der Waals surface area contributed by atoms with Gasteiger partial charge in [-0.15, -0.1) is 0 Å². The first-order chi connectivity index (χ1) is 8.21. The van der Waals surface area contributed by atoms with Crippen LogP contribution in [0.15, 0.2) is 0 Å². The fourth-order valence-electron chi connectivity index (χ4n) is 3.37. The highest BCUT2D eigenvalue weighted by Gasteiger charge is 2.24. The number of hydrogen-bond acceptors (Lipinski definition) is 0. The molecule has 0 aromatic heterocycles. The Balaban J connectivity index is 4.40. The van der Waals surface area contributed by atoms with Crippen LogP contribution in [0.3, 0.4) is 0 Å². The summed E-state index contributed by atoms with van der Waals surface area (Å²) in [5.41, 5.74) is 0. The Kier molecular flexibility index (Phi) is 11.1. The molecule has 17 heavy (non-hydrogen) atoms. The molecule has 0 radical (unpaired) electrons. The van der Waals surface area contributed by atoms with E-state index in [9.17, 15) is 0 Å². The average molecular weight is 240 g/mol. The fourth-order valence-corrected chi connectivity index (χ4v) is 3.37. The van der Waals surface area contributed by atoms with Gasteiger partial charge in [-0.25, -0.2) is 0 Å². The van der Waals surface area contributed by atoms with Gasteiger partial charge in [-0.1, -0.05) is 92.4 Å². The van der Waals surface area contributed by atoms with Crippen LogP contribution in [0.5, 0.6) is 0 Å². The molecule has 0 rings (SSSR count). The zero-order chi connectivity index (χ0) is 13.1. The van der Waals surface area contributed by atoms with Gasteiger partial charge in [-0.3, -0.25) is 0 Å². The van der Waals surface area contributed by atoms with Crippen molar-refractivity contribution >= 4 is 0 Å². The van der Waals surface area contributed by atoms with Crippen molar-refractivity contribution in [2.24, 2.45) is 17.8 Å². The van der Waals surface area contributed by atoms with E-state index in [1.54, 1.807) is 0 Å². The predicted octanol–water partition coefficient (Wildman–Crippen LogP) is 6.45. The second-order valence-corrected chi connectivity index (χ2v) is 5.91. The van der Waals surface area contributed by atoms with Crippen molar-refractivity contribution in [1.29, 1.82) is 0 Å². The van der Waals surface area contributed by atoms with Crippen molar-refractivity contribution in [3.8, 4) is 0 Å². The molecular weight excluding hydrogens is 204 g/mol. The van der Waals surface area contributed by atoms with Crippen molar-refractivity contribution in [3.05, 3.63) is 0 Å². The molecule has 0 nitrogen and oxygen atoms in total. The summed E-state index contributed by atoms with van der Waals surface area (Å²) in [5.74, 6) is 2.93. The van der Waals surface area contributed by atoms with Crippen LogP contribution in [0.1, 0.15) is 92.4 Å². The largest absolute Gasteiger partial charge is 0.0654 e. The van der Waals surface area contributed by atoms with E-state index in [0.717, 1.165) is 17.8 Å². The van der Waals surface area contributed by atoms with E-state index in [1.165, 1.54) is 57.8 Å². The SMILES string of the molecule is CCCCC(C)C(CCC)C(CCC)CCC. The summed E-state index contributed by atoms with van der Waals surface area (Å²) < 4.78 is 0. The Morgan fingerprint density at radius 3 is 1.59 bits per heavy atom. The molecule has 0 amide bonds. The van der Waals surface area contributed by atoms with Crippen LogP contribution in [-0.4, -0.2) is 0 Å². The van der Waals surface area contributed by atoms with E-state index in [2.05, 4.69) is 34.6 Å². The standard InChI is InChI=1S/C17H36/c1-6-10-14-15(5)17(13-9-4)16(11-7-2)12-8-3/h15-17H,6-14H2,1-5H3. The number of hydrogen-bond donors (Lipinski definition) is 0. The van der Waals surface area contributed by atoms with Crippen molar-refractivity contribution < 1.29 is 0 Å². The molecular formula is C17H36. The summed E-state index contributed by atoms with van der Waals surface area (Å²) in [7, 11) is 0. The molecule has 2 atom stereocenters. The summed E-state index contributed by atoms with van der Waals surface area (Å²) in [6.07, 6.45) is 12.7. The van der Waals surface area contributed by atoms with Gasteiger partial charge >= 0.3 is 0 Å². The van der Waals surface area contributed by atoms with Crippen LogP contribution in [0.2, 0.25) is 0 Å². The van der Waals surface area contributed by atoms with E-state index in [0.29, 0.717) is 0 Å². The Bertz CT molecular complexity index is 144. The summed E-state index contributed by atoms with van der Waals surface area (Å²) >= 11 is 0. The quantitative estimate of drug-likeness (QED) is 0.389. The fraction of sp³-hybridized carbons (Fsp3) is 1.00. The minimum atomic E-state index is 0.943. The molecule has 0 saturated carbocycles. The minimum Gasteiger partial charge on any atom is -0.0654 e. The van der Waals surface area contributed by atoms with Gasteiger partial charge in [0.15, 0.2) is 0 Å². The second kappa shape index (κ2) is 11.1. The van der Waals surface area contributed by atoms with Gasteiger partial charge in [0, 0.05) is 0 Å². The van der Waals surface area contributed by atoms with E-state index in [4.69, 9.17) is 0 Å². The maximum absolute atomic E-state index is 2.51. The first-order valence-corrected chi connectivity index (χ1v) is 8.21. The molecule has 0 aromatic rings. The molecule has 0 aliphatic heterocycles. The maximum Gasteiger partial charge on any atom is -0.0360 e. The third kappa shape index (κ3) is 7.11. The summed E-state index contributed by atoms with van der Waals surface area (Å²) in [5, 5.41) is 0. The highest BCUT2D eigenvalue weighted by molar-refractivity contribution is 4.75. The molecule has 0 bridgehead atoms. The van der Waals surface area contributed by atoms with Crippen LogP contribution in [0.4, 0.5) is 0 Å². The molecule has 2 unspecified atom stereocenters. The van der Waals surface area contributed by atoms with Crippen LogP contribution in [0, 0.1) is 17.8 Å². The Hall–Kier alpha value is 0. The zero-order valence-electron chi connectivity index (χ0n) is 13.1. The van der Waals surface area contributed by atoms with Crippen molar-refractivity contribution in [3.63, 3.8) is 0 Å². The molecule has 0 spiro atoms. The van der Waals surface area contributed by atoms with E-state index < -0.39 is 0 Å².